The average Bonchev–Trinajstić information content (AvgIpc) is 2.26. The maximum Gasteiger partial charge on any atom is 0.251 e. The molecule has 4 heteroatoms. The van der Waals surface area contributed by atoms with Crippen molar-refractivity contribution in [3.63, 3.8) is 0 Å². The number of nitrogens with one attached hydrogen (secondary N) is 1. The van der Waals surface area contributed by atoms with E-state index in [0.29, 0.717) is 23.8 Å². The molecule has 0 fully saturated rings. The van der Waals surface area contributed by atoms with Gasteiger partial charge in [0.05, 0.1) is 12.6 Å². The highest BCUT2D eigenvalue weighted by atomic mass is 16.5. The molecule has 0 saturated heterocycles. The van der Waals surface area contributed by atoms with Crippen LogP contribution in [0.4, 0.5) is 5.69 Å². The number of nitrogens with two attached hydrogens (primary N) is 1. The molecule has 1 rings (SSSR count). The van der Waals surface area contributed by atoms with E-state index in [0.717, 1.165) is 5.56 Å². The summed E-state index contributed by atoms with van der Waals surface area (Å²) in [6.45, 7) is 6.52. The van der Waals surface area contributed by atoms with E-state index in [1.54, 1.807) is 13.2 Å². The standard InChI is InChI=1S/C14H22N2O2/c1-9(2)13(8-18-4)16-14(17)11-5-10(3)6-12(15)7-11/h5-7,9,13H,8,15H2,1-4H3,(H,16,17). The zero-order valence-electron chi connectivity index (χ0n) is 11.5. The molecule has 0 heterocycles. The lowest BCUT2D eigenvalue weighted by Gasteiger charge is -2.21. The van der Waals surface area contributed by atoms with E-state index in [1.165, 1.54) is 0 Å². The molecule has 1 aromatic carbocycles. The van der Waals surface area contributed by atoms with Gasteiger partial charge in [-0.05, 0) is 36.6 Å². The molecule has 18 heavy (non-hydrogen) atoms. The van der Waals surface area contributed by atoms with Gasteiger partial charge in [0, 0.05) is 18.4 Å². The maximum absolute atomic E-state index is 12.1. The molecule has 1 unspecified atom stereocenters. The molecular formula is C14H22N2O2. The third kappa shape index (κ3) is 4.04. The van der Waals surface area contributed by atoms with Crippen LogP contribution in [0.25, 0.3) is 0 Å². The summed E-state index contributed by atoms with van der Waals surface area (Å²) in [4.78, 5) is 12.1. The Morgan fingerprint density at radius 1 is 1.39 bits per heavy atom. The van der Waals surface area contributed by atoms with E-state index in [4.69, 9.17) is 10.5 Å². The molecule has 1 amide bonds. The summed E-state index contributed by atoms with van der Waals surface area (Å²) < 4.78 is 5.11. The predicted molar refractivity (Wildman–Crippen MR) is 73.6 cm³/mol. The van der Waals surface area contributed by atoms with Gasteiger partial charge in [-0.15, -0.1) is 0 Å². The Balaban J connectivity index is 2.80. The van der Waals surface area contributed by atoms with Gasteiger partial charge in [-0.25, -0.2) is 0 Å². The van der Waals surface area contributed by atoms with Crippen LogP contribution in [0.2, 0.25) is 0 Å². The highest BCUT2D eigenvalue weighted by Gasteiger charge is 2.17. The van der Waals surface area contributed by atoms with Gasteiger partial charge in [0.25, 0.3) is 5.91 Å². The van der Waals surface area contributed by atoms with Crippen LogP contribution in [0, 0.1) is 12.8 Å². The lowest BCUT2D eigenvalue weighted by Crippen LogP contribution is -2.41. The molecule has 0 bridgehead atoms. The number of amides is 1. The van der Waals surface area contributed by atoms with E-state index in [-0.39, 0.29) is 11.9 Å². The van der Waals surface area contributed by atoms with Crippen molar-refractivity contribution in [3.05, 3.63) is 29.3 Å². The van der Waals surface area contributed by atoms with Crippen LogP contribution in [-0.4, -0.2) is 25.7 Å². The Hall–Kier alpha value is -1.55. The lowest BCUT2D eigenvalue weighted by atomic mass is 10.0. The second-order valence-electron chi connectivity index (χ2n) is 4.91. The number of carbonyl (C=O) groups excluding carboxylic acids is 1. The first-order valence-electron chi connectivity index (χ1n) is 6.11. The number of benzene rings is 1. The van der Waals surface area contributed by atoms with Gasteiger partial charge >= 0.3 is 0 Å². The number of rotatable bonds is 5. The molecule has 0 spiro atoms. The van der Waals surface area contributed by atoms with Crippen LogP contribution in [0.5, 0.6) is 0 Å². The van der Waals surface area contributed by atoms with Crippen LogP contribution >= 0.6 is 0 Å². The van der Waals surface area contributed by atoms with Gasteiger partial charge in [0.2, 0.25) is 0 Å². The fourth-order valence-corrected chi connectivity index (χ4v) is 1.78. The van der Waals surface area contributed by atoms with Gasteiger partial charge < -0.3 is 15.8 Å². The summed E-state index contributed by atoms with van der Waals surface area (Å²) in [7, 11) is 1.63. The van der Waals surface area contributed by atoms with Crippen molar-refractivity contribution in [2.75, 3.05) is 19.5 Å². The molecule has 1 aromatic rings. The summed E-state index contributed by atoms with van der Waals surface area (Å²) in [5.41, 5.74) is 7.92. The average molecular weight is 250 g/mol. The van der Waals surface area contributed by atoms with Gasteiger partial charge in [-0.1, -0.05) is 13.8 Å². The van der Waals surface area contributed by atoms with E-state index in [9.17, 15) is 4.79 Å². The zero-order valence-corrected chi connectivity index (χ0v) is 11.5. The Bertz CT molecular complexity index is 396. The zero-order chi connectivity index (χ0) is 13.7. The Kier molecular flexibility index (Phi) is 5.16. The van der Waals surface area contributed by atoms with E-state index < -0.39 is 0 Å². The van der Waals surface area contributed by atoms with Crippen LogP contribution in [0.15, 0.2) is 18.2 Å². The predicted octanol–water partition coefficient (Wildman–Crippen LogP) is 1.98. The fourth-order valence-electron chi connectivity index (χ4n) is 1.78. The Labute approximate surface area is 109 Å². The summed E-state index contributed by atoms with van der Waals surface area (Å²) in [6, 6.07) is 5.36. The SMILES string of the molecule is COCC(NC(=O)c1cc(C)cc(N)c1)C(C)C. The van der Waals surface area contributed by atoms with Crippen LogP contribution in [0.3, 0.4) is 0 Å². The Morgan fingerprint density at radius 2 is 2.06 bits per heavy atom. The summed E-state index contributed by atoms with van der Waals surface area (Å²) in [5.74, 6) is 0.206. The van der Waals surface area contributed by atoms with Crippen molar-refractivity contribution in [2.24, 2.45) is 5.92 Å². The molecular weight excluding hydrogens is 228 g/mol. The number of anilines is 1. The molecule has 0 radical (unpaired) electrons. The number of ether oxygens (including phenoxy) is 1. The second-order valence-corrected chi connectivity index (χ2v) is 4.91. The lowest BCUT2D eigenvalue weighted by molar-refractivity contribution is 0.0866. The minimum atomic E-state index is -0.110. The number of methoxy groups -OCH3 is 1. The first-order valence-corrected chi connectivity index (χ1v) is 6.11. The third-order valence-corrected chi connectivity index (χ3v) is 2.83. The number of hydrogen-bond donors (Lipinski definition) is 2. The molecule has 0 saturated carbocycles. The number of aryl methyl sites for hydroxylation is 1. The van der Waals surface area contributed by atoms with Crippen LogP contribution < -0.4 is 11.1 Å². The minimum absolute atomic E-state index is 0.00392. The largest absolute Gasteiger partial charge is 0.399 e. The highest BCUT2D eigenvalue weighted by Crippen LogP contribution is 2.12. The first kappa shape index (κ1) is 14.5. The van der Waals surface area contributed by atoms with Crippen molar-refractivity contribution >= 4 is 11.6 Å². The smallest absolute Gasteiger partial charge is 0.251 e. The van der Waals surface area contributed by atoms with Gasteiger partial charge in [0.1, 0.15) is 0 Å². The van der Waals surface area contributed by atoms with Crippen molar-refractivity contribution in [1.82, 2.24) is 5.32 Å². The number of carbonyl (C=O) groups is 1. The quantitative estimate of drug-likeness (QED) is 0.785. The number of nitrogen functional groups attached to an aromatic ring is 1. The van der Waals surface area contributed by atoms with E-state index in [2.05, 4.69) is 19.2 Å². The maximum atomic E-state index is 12.1. The summed E-state index contributed by atoms with van der Waals surface area (Å²) in [5, 5.41) is 2.97. The molecule has 0 aliphatic heterocycles. The molecule has 1 atom stereocenters. The molecule has 0 aromatic heterocycles. The molecule has 0 aliphatic carbocycles. The fraction of sp³-hybridized carbons (Fsp3) is 0.500. The molecule has 4 nitrogen and oxygen atoms in total. The van der Waals surface area contributed by atoms with Crippen molar-refractivity contribution in [2.45, 2.75) is 26.8 Å². The number of hydrogen-bond acceptors (Lipinski definition) is 3. The van der Waals surface area contributed by atoms with E-state index >= 15 is 0 Å². The minimum Gasteiger partial charge on any atom is -0.399 e. The van der Waals surface area contributed by atoms with Crippen molar-refractivity contribution in [3.8, 4) is 0 Å². The summed E-state index contributed by atoms with van der Waals surface area (Å²) >= 11 is 0. The van der Waals surface area contributed by atoms with Crippen molar-refractivity contribution in [1.29, 1.82) is 0 Å². The van der Waals surface area contributed by atoms with Crippen molar-refractivity contribution < 1.29 is 9.53 Å². The molecule has 0 aliphatic rings. The van der Waals surface area contributed by atoms with Gasteiger partial charge in [-0.3, -0.25) is 4.79 Å². The van der Waals surface area contributed by atoms with Crippen LogP contribution in [0.1, 0.15) is 29.8 Å². The summed E-state index contributed by atoms with van der Waals surface area (Å²) in [6.07, 6.45) is 0. The Morgan fingerprint density at radius 3 is 2.56 bits per heavy atom. The van der Waals surface area contributed by atoms with Gasteiger partial charge in [0.15, 0.2) is 0 Å². The van der Waals surface area contributed by atoms with Crippen LogP contribution in [-0.2, 0) is 4.74 Å². The molecule has 100 valence electrons. The third-order valence-electron chi connectivity index (χ3n) is 2.83. The molecule has 3 N–H and O–H groups in total. The highest BCUT2D eigenvalue weighted by molar-refractivity contribution is 5.95. The van der Waals surface area contributed by atoms with E-state index in [1.807, 2.05) is 19.1 Å². The topological polar surface area (TPSA) is 64.3 Å². The van der Waals surface area contributed by atoms with Gasteiger partial charge in [-0.2, -0.15) is 0 Å². The monoisotopic (exact) mass is 250 g/mol. The normalized spacial score (nSPS) is 12.5. The second kappa shape index (κ2) is 6.40. The first-order chi connectivity index (χ1) is 8.43.